The third kappa shape index (κ3) is 5.20. The number of fused-ring (bicyclic) bond motifs is 1. The molecule has 1 aliphatic carbocycles. The van der Waals surface area contributed by atoms with Crippen LogP contribution >= 0.6 is 0 Å². The average molecular weight is 507 g/mol. The summed E-state index contributed by atoms with van der Waals surface area (Å²) in [6.45, 7) is 2.12. The lowest BCUT2D eigenvalue weighted by Gasteiger charge is -2.33. The standard InChI is InChI=1S/C23H25F4N7O2/c24-17-13-29-21(34-5-4-18-19(34)10-14(12-28-18)23(25,26)27)32-20(17)30-15-2-1-3-16(11-15)31-22(35)33-6-8-36-9-7-33/h4-5,10,12-13,15-16H,1-3,6-9,11H2,(H,31,35)(H,29,30,32)/t15-,16?/m0/s1. The predicted octanol–water partition coefficient (Wildman–Crippen LogP) is 3.74. The van der Waals surface area contributed by atoms with Crippen molar-refractivity contribution in [1.29, 1.82) is 0 Å². The van der Waals surface area contributed by atoms with Crippen LogP contribution in [-0.4, -0.2) is 68.8 Å². The number of pyridine rings is 1. The van der Waals surface area contributed by atoms with Crippen molar-refractivity contribution in [3.8, 4) is 5.95 Å². The van der Waals surface area contributed by atoms with E-state index in [9.17, 15) is 22.4 Å². The van der Waals surface area contributed by atoms with E-state index >= 15 is 0 Å². The summed E-state index contributed by atoms with van der Waals surface area (Å²) in [6.07, 6.45) is 1.68. The quantitative estimate of drug-likeness (QED) is 0.523. The maximum atomic E-state index is 14.6. The Morgan fingerprint density at radius 2 is 1.89 bits per heavy atom. The molecule has 0 aromatic carbocycles. The number of aromatic nitrogens is 4. The predicted molar refractivity (Wildman–Crippen MR) is 122 cm³/mol. The lowest BCUT2D eigenvalue weighted by Crippen LogP contribution is -2.51. The summed E-state index contributed by atoms with van der Waals surface area (Å²) in [5, 5.41) is 6.15. The van der Waals surface area contributed by atoms with E-state index < -0.39 is 17.6 Å². The van der Waals surface area contributed by atoms with Crippen LogP contribution in [0.2, 0.25) is 0 Å². The summed E-state index contributed by atoms with van der Waals surface area (Å²) in [5.74, 6) is -0.710. The van der Waals surface area contributed by atoms with Crippen molar-refractivity contribution in [1.82, 2.24) is 29.7 Å². The minimum atomic E-state index is -4.55. The van der Waals surface area contributed by atoms with Gasteiger partial charge in [0.2, 0.25) is 5.95 Å². The highest BCUT2D eigenvalue weighted by Crippen LogP contribution is 2.31. The van der Waals surface area contributed by atoms with Gasteiger partial charge in [0.1, 0.15) is 0 Å². The van der Waals surface area contributed by atoms with Gasteiger partial charge in [0, 0.05) is 37.6 Å². The molecule has 1 unspecified atom stereocenters. The van der Waals surface area contributed by atoms with Gasteiger partial charge in [-0.2, -0.15) is 18.2 Å². The number of alkyl halides is 3. The van der Waals surface area contributed by atoms with Crippen molar-refractivity contribution in [2.45, 2.75) is 43.9 Å². The number of hydrogen-bond donors (Lipinski definition) is 2. The highest BCUT2D eigenvalue weighted by molar-refractivity contribution is 5.78. The Labute approximate surface area is 203 Å². The molecule has 1 saturated carbocycles. The van der Waals surface area contributed by atoms with Crippen molar-refractivity contribution in [2.75, 3.05) is 31.6 Å². The van der Waals surface area contributed by atoms with Crippen LogP contribution in [0.5, 0.6) is 0 Å². The van der Waals surface area contributed by atoms with Gasteiger partial charge in [-0.1, -0.05) is 0 Å². The first-order valence-corrected chi connectivity index (χ1v) is 11.7. The number of halogens is 4. The number of anilines is 1. The molecule has 9 nitrogen and oxygen atoms in total. The smallest absolute Gasteiger partial charge is 0.378 e. The van der Waals surface area contributed by atoms with Crippen molar-refractivity contribution < 1.29 is 27.1 Å². The first-order valence-electron chi connectivity index (χ1n) is 11.7. The third-order valence-electron chi connectivity index (χ3n) is 6.45. The summed E-state index contributed by atoms with van der Waals surface area (Å²) in [6, 6.07) is 2.15. The number of carbonyl (C=O) groups excluding carboxylic acids is 1. The van der Waals surface area contributed by atoms with Crippen LogP contribution in [0.3, 0.4) is 0 Å². The van der Waals surface area contributed by atoms with E-state index in [2.05, 4.69) is 25.6 Å². The normalized spacial score (nSPS) is 20.9. The molecule has 4 heterocycles. The zero-order chi connectivity index (χ0) is 25.3. The second-order valence-electron chi connectivity index (χ2n) is 8.93. The molecule has 2 atom stereocenters. The van der Waals surface area contributed by atoms with Crippen LogP contribution in [0.1, 0.15) is 31.2 Å². The summed E-state index contributed by atoms with van der Waals surface area (Å²) in [4.78, 5) is 26.4. The Morgan fingerprint density at radius 1 is 1.11 bits per heavy atom. The largest absolute Gasteiger partial charge is 0.417 e. The first kappa shape index (κ1) is 24.2. The maximum Gasteiger partial charge on any atom is 0.417 e. The lowest BCUT2D eigenvalue weighted by molar-refractivity contribution is -0.137. The molecule has 13 heteroatoms. The van der Waals surface area contributed by atoms with Crippen molar-refractivity contribution in [2.24, 2.45) is 0 Å². The fraction of sp³-hybridized carbons (Fsp3) is 0.478. The molecule has 1 aliphatic heterocycles. The number of hydrogen-bond acceptors (Lipinski definition) is 6. The summed E-state index contributed by atoms with van der Waals surface area (Å²) in [5.41, 5.74) is -0.412. The Hall–Kier alpha value is -3.48. The zero-order valence-corrected chi connectivity index (χ0v) is 19.3. The van der Waals surface area contributed by atoms with E-state index in [1.807, 2.05) is 0 Å². The van der Waals surface area contributed by atoms with Crippen LogP contribution in [0.25, 0.3) is 17.0 Å². The van der Waals surface area contributed by atoms with E-state index in [1.54, 1.807) is 4.90 Å². The van der Waals surface area contributed by atoms with Crippen LogP contribution in [-0.2, 0) is 10.9 Å². The SMILES string of the molecule is O=C(NC1CCC[C@H](Nc2nc(-n3ccc4ncc(C(F)(F)F)cc43)ncc2F)C1)N1CCOCC1. The van der Waals surface area contributed by atoms with E-state index in [0.29, 0.717) is 38.2 Å². The zero-order valence-electron chi connectivity index (χ0n) is 19.3. The van der Waals surface area contributed by atoms with Gasteiger partial charge >= 0.3 is 12.2 Å². The summed E-state index contributed by atoms with van der Waals surface area (Å²) in [7, 11) is 0. The minimum Gasteiger partial charge on any atom is -0.378 e. The molecule has 36 heavy (non-hydrogen) atoms. The van der Waals surface area contributed by atoms with Gasteiger partial charge in [-0.3, -0.25) is 9.55 Å². The number of nitrogens with one attached hydrogen (secondary N) is 2. The number of carbonyl (C=O) groups is 1. The fourth-order valence-corrected chi connectivity index (χ4v) is 4.59. The molecular weight excluding hydrogens is 482 g/mol. The number of rotatable bonds is 4. The number of ether oxygens (including phenoxy) is 1. The van der Waals surface area contributed by atoms with E-state index in [-0.39, 0.29) is 35.4 Å². The Kier molecular flexibility index (Phi) is 6.65. The van der Waals surface area contributed by atoms with Crippen LogP contribution < -0.4 is 10.6 Å². The van der Waals surface area contributed by atoms with E-state index in [0.717, 1.165) is 37.7 Å². The second-order valence-corrected chi connectivity index (χ2v) is 8.93. The minimum absolute atomic E-state index is 0.0167. The number of urea groups is 1. The maximum absolute atomic E-state index is 14.6. The molecule has 2 aliphatic rings. The second kappa shape index (κ2) is 9.88. The molecule has 3 aromatic rings. The molecule has 3 aromatic heterocycles. The Bertz CT molecular complexity index is 1240. The highest BCUT2D eigenvalue weighted by atomic mass is 19.4. The van der Waals surface area contributed by atoms with Gasteiger partial charge in [0.05, 0.1) is 36.0 Å². The van der Waals surface area contributed by atoms with Gasteiger partial charge in [0.15, 0.2) is 11.6 Å². The van der Waals surface area contributed by atoms with Crippen LogP contribution in [0.15, 0.2) is 30.7 Å². The summed E-state index contributed by atoms with van der Waals surface area (Å²) >= 11 is 0. The van der Waals surface area contributed by atoms with Crippen LogP contribution in [0, 0.1) is 5.82 Å². The number of nitrogens with zero attached hydrogens (tertiary/aromatic N) is 5. The molecule has 0 radical (unpaired) electrons. The first-order chi connectivity index (χ1) is 17.3. The molecular formula is C23H25F4N7O2. The van der Waals surface area contributed by atoms with E-state index in [4.69, 9.17) is 4.74 Å². The monoisotopic (exact) mass is 507 g/mol. The fourth-order valence-electron chi connectivity index (χ4n) is 4.59. The number of morpholine rings is 1. The van der Waals surface area contributed by atoms with E-state index in [1.165, 1.54) is 16.8 Å². The Morgan fingerprint density at radius 3 is 2.67 bits per heavy atom. The molecule has 0 bridgehead atoms. The molecule has 1 saturated heterocycles. The van der Waals surface area contributed by atoms with Crippen LogP contribution in [0.4, 0.5) is 28.2 Å². The molecule has 5 rings (SSSR count). The molecule has 2 amide bonds. The average Bonchev–Trinajstić information content (AvgIpc) is 3.29. The number of amides is 2. The third-order valence-corrected chi connectivity index (χ3v) is 6.45. The molecule has 2 fully saturated rings. The van der Waals surface area contributed by atoms with Gasteiger partial charge in [-0.05, 0) is 37.8 Å². The Balaban J connectivity index is 1.31. The van der Waals surface area contributed by atoms with Gasteiger partial charge in [0.25, 0.3) is 0 Å². The lowest BCUT2D eigenvalue weighted by atomic mass is 9.91. The topological polar surface area (TPSA) is 97.2 Å². The van der Waals surface area contributed by atoms with Crippen molar-refractivity contribution in [3.05, 3.63) is 42.1 Å². The van der Waals surface area contributed by atoms with Gasteiger partial charge < -0.3 is 20.3 Å². The van der Waals surface area contributed by atoms with Crippen molar-refractivity contribution in [3.63, 3.8) is 0 Å². The highest BCUT2D eigenvalue weighted by Gasteiger charge is 2.32. The molecule has 192 valence electrons. The van der Waals surface area contributed by atoms with Crippen molar-refractivity contribution >= 4 is 22.9 Å². The summed E-state index contributed by atoms with van der Waals surface area (Å²) < 4.78 is 60.8. The van der Waals surface area contributed by atoms with Gasteiger partial charge in [-0.25, -0.2) is 14.2 Å². The molecule has 0 spiro atoms. The van der Waals surface area contributed by atoms with Gasteiger partial charge in [-0.15, -0.1) is 0 Å². The molecule has 2 N–H and O–H groups in total.